The molecule has 4 nitrogen and oxygen atoms in total. The first kappa shape index (κ1) is 19.6. The van der Waals surface area contributed by atoms with Crippen molar-refractivity contribution in [2.24, 2.45) is 0 Å². The van der Waals surface area contributed by atoms with Crippen molar-refractivity contribution in [2.75, 3.05) is 7.05 Å². The monoisotopic (exact) mass is 373 g/mol. The molecule has 0 aliphatic heterocycles. The van der Waals surface area contributed by atoms with Crippen LogP contribution in [0, 0.1) is 13.8 Å². The number of rotatable bonds is 6. The van der Waals surface area contributed by atoms with Crippen LogP contribution in [0.3, 0.4) is 0 Å². The Balaban J connectivity index is 1.93. The molecule has 1 aromatic heterocycles. The van der Waals surface area contributed by atoms with Gasteiger partial charge in [-0.3, -0.25) is 9.48 Å². The van der Waals surface area contributed by atoms with Crippen LogP contribution in [0.5, 0.6) is 0 Å². The molecule has 144 valence electrons. The van der Waals surface area contributed by atoms with E-state index >= 15 is 0 Å². The Morgan fingerprint density at radius 3 is 2.21 bits per heavy atom. The minimum Gasteiger partial charge on any atom is -0.337 e. The van der Waals surface area contributed by atoms with Crippen molar-refractivity contribution in [3.05, 3.63) is 88.7 Å². The van der Waals surface area contributed by atoms with E-state index in [9.17, 15) is 4.79 Å². The molecule has 0 bridgehead atoms. The molecule has 3 aromatic rings. The smallest absolute Gasteiger partial charge is 0.254 e. The van der Waals surface area contributed by atoms with E-state index in [1.807, 2.05) is 85.4 Å². The Morgan fingerprint density at radius 2 is 1.64 bits per heavy atom. The summed E-state index contributed by atoms with van der Waals surface area (Å²) in [5, 5.41) is 4.58. The number of benzene rings is 2. The third-order valence-electron chi connectivity index (χ3n) is 5.00. The first-order valence-electron chi connectivity index (χ1n) is 9.61. The Kier molecular flexibility index (Phi) is 6.09. The molecule has 0 aliphatic rings. The van der Waals surface area contributed by atoms with Gasteiger partial charge in [-0.05, 0) is 38.0 Å². The van der Waals surface area contributed by atoms with Gasteiger partial charge in [0.05, 0.1) is 5.69 Å². The van der Waals surface area contributed by atoms with Gasteiger partial charge < -0.3 is 4.90 Å². The zero-order valence-corrected chi connectivity index (χ0v) is 17.0. The fourth-order valence-electron chi connectivity index (χ4n) is 3.39. The summed E-state index contributed by atoms with van der Waals surface area (Å²) in [7, 11) is 1.85. The summed E-state index contributed by atoms with van der Waals surface area (Å²) >= 11 is 0. The van der Waals surface area contributed by atoms with E-state index in [1.165, 1.54) is 0 Å². The van der Waals surface area contributed by atoms with Crippen molar-refractivity contribution in [3.63, 3.8) is 0 Å². The summed E-state index contributed by atoms with van der Waals surface area (Å²) in [5.74, 6) is -0.00176. The average Bonchev–Trinajstić information content (AvgIpc) is 3.00. The summed E-state index contributed by atoms with van der Waals surface area (Å²) in [6.07, 6.45) is 1.96. The molecule has 0 aliphatic carbocycles. The molecule has 0 saturated carbocycles. The highest BCUT2D eigenvalue weighted by Gasteiger charge is 2.20. The zero-order valence-electron chi connectivity index (χ0n) is 17.0. The first-order valence-corrected chi connectivity index (χ1v) is 9.61. The summed E-state index contributed by atoms with van der Waals surface area (Å²) in [4.78, 5) is 15.2. The summed E-state index contributed by atoms with van der Waals surface area (Å²) < 4.78 is 1.99. The molecule has 28 heavy (non-hydrogen) atoms. The number of aromatic nitrogens is 2. The molecule has 0 spiro atoms. The van der Waals surface area contributed by atoms with Crippen molar-refractivity contribution in [1.82, 2.24) is 14.7 Å². The third-order valence-corrected chi connectivity index (χ3v) is 5.00. The molecule has 0 fully saturated rings. The van der Waals surface area contributed by atoms with E-state index in [0.29, 0.717) is 12.1 Å². The highest BCUT2D eigenvalue weighted by atomic mass is 16.2. The SMILES string of the molecule is CCn1nc(C)c(CN(C)C(=O)/C(=C\c2ccccc2)c2ccccc2)c1C. The van der Waals surface area contributed by atoms with Gasteiger partial charge in [-0.15, -0.1) is 0 Å². The Labute approximate surface area is 167 Å². The molecule has 4 heteroatoms. The van der Waals surface area contributed by atoms with Gasteiger partial charge in [0.2, 0.25) is 0 Å². The molecule has 2 aromatic carbocycles. The van der Waals surface area contributed by atoms with Gasteiger partial charge >= 0.3 is 0 Å². The molecular weight excluding hydrogens is 346 g/mol. The van der Waals surface area contributed by atoms with Crippen LogP contribution in [0.4, 0.5) is 0 Å². The number of carbonyl (C=O) groups excluding carboxylic acids is 1. The molecule has 3 rings (SSSR count). The van der Waals surface area contributed by atoms with E-state index in [-0.39, 0.29) is 5.91 Å². The van der Waals surface area contributed by atoms with Gasteiger partial charge in [-0.25, -0.2) is 0 Å². The van der Waals surface area contributed by atoms with Crippen LogP contribution in [-0.4, -0.2) is 27.6 Å². The average molecular weight is 374 g/mol. The van der Waals surface area contributed by atoms with Gasteiger partial charge in [0.15, 0.2) is 0 Å². The van der Waals surface area contributed by atoms with E-state index in [4.69, 9.17) is 0 Å². The number of carbonyl (C=O) groups is 1. The van der Waals surface area contributed by atoms with Gasteiger partial charge in [0.25, 0.3) is 5.91 Å². The maximum atomic E-state index is 13.4. The standard InChI is InChI=1S/C24H27N3O/c1-5-27-19(3)23(18(2)25-27)17-26(4)24(28)22(21-14-10-7-11-15-21)16-20-12-8-6-9-13-20/h6-16H,5,17H2,1-4H3/b22-16-. The predicted molar refractivity (Wildman–Crippen MR) is 115 cm³/mol. The number of hydrogen-bond donors (Lipinski definition) is 0. The minimum absolute atomic E-state index is 0.00176. The lowest BCUT2D eigenvalue weighted by molar-refractivity contribution is -0.124. The summed E-state index contributed by atoms with van der Waals surface area (Å²) in [6.45, 7) is 7.51. The summed E-state index contributed by atoms with van der Waals surface area (Å²) in [5.41, 5.74) is 5.83. The van der Waals surface area contributed by atoms with Crippen LogP contribution < -0.4 is 0 Å². The molecular formula is C24H27N3O. The number of likely N-dealkylation sites (N-methyl/N-ethyl adjacent to an activating group) is 1. The second kappa shape index (κ2) is 8.70. The van der Waals surface area contributed by atoms with Crippen LogP contribution in [0.25, 0.3) is 11.6 Å². The largest absolute Gasteiger partial charge is 0.337 e. The predicted octanol–water partition coefficient (Wildman–Crippen LogP) is 4.72. The normalized spacial score (nSPS) is 11.5. The molecule has 0 atom stereocenters. The van der Waals surface area contributed by atoms with Gasteiger partial charge in [0.1, 0.15) is 0 Å². The molecule has 0 saturated heterocycles. The fourth-order valence-corrected chi connectivity index (χ4v) is 3.39. The van der Waals surface area contributed by atoms with Gasteiger partial charge in [-0.2, -0.15) is 5.10 Å². The highest BCUT2D eigenvalue weighted by molar-refractivity contribution is 6.24. The van der Waals surface area contributed by atoms with Crippen LogP contribution in [0.15, 0.2) is 60.7 Å². The van der Waals surface area contributed by atoms with Crippen molar-refractivity contribution < 1.29 is 4.79 Å². The number of amides is 1. The highest BCUT2D eigenvalue weighted by Crippen LogP contribution is 2.23. The third kappa shape index (κ3) is 4.22. The lowest BCUT2D eigenvalue weighted by atomic mass is 10.0. The van der Waals surface area contributed by atoms with E-state index in [1.54, 1.807) is 4.90 Å². The summed E-state index contributed by atoms with van der Waals surface area (Å²) in [6, 6.07) is 19.8. The Hall–Kier alpha value is -3.14. The molecule has 0 radical (unpaired) electrons. The van der Waals surface area contributed by atoms with E-state index < -0.39 is 0 Å². The fraction of sp³-hybridized carbons (Fsp3) is 0.250. The van der Waals surface area contributed by atoms with Crippen LogP contribution in [0.2, 0.25) is 0 Å². The second-order valence-electron chi connectivity index (χ2n) is 6.96. The Bertz CT molecular complexity index is 972. The second-order valence-corrected chi connectivity index (χ2v) is 6.96. The Morgan fingerprint density at radius 1 is 1.04 bits per heavy atom. The van der Waals surface area contributed by atoms with Gasteiger partial charge in [0, 0.05) is 37.0 Å². The van der Waals surface area contributed by atoms with Crippen molar-refractivity contribution in [3.8, 4) is 0 Å². The van der Waals surface area contributed by atoms with Gasteiger partial charge in [-0.1, -0.05) is 60.7 Å². The number of hydrogen-bond acceptors (Lipinski definition) is 2. The number of nitrogens with zero attached hydrogens (tertiary/aromatic N) is 3. The van der Waals surface area contributed by atoms with Crippen molar-refractivity contribution >= 4 is 17.6 Å². The molecule has 0 unspecified atom stereocenters. The number of aryl methyl sites for hydroxylation is 2. The zero-order chi connectivity index (χ0) is 20.1. The topological polar surface area (TPSA) is 38.1 Å². The molecule has 1 amide bonds. The van der Waals surface area contributed by atoms with E-state index in [0.717, 1.165) is 34.6 Å². The van der Waals surface area contributed by atoms with Crippen molar-refractivity contribution in [1.29, 1.82) is 0 Å². The minimum atomic E-state index is -0.00176. The maximum Gasteiger partial charge on any atom is 0.254 e. The quantitative estimate of drug-likeness (QED) is 0.463. The first-order chi connectivity index (χ1) is 13.5. The van der Waals surface area contributed by atoms with E-state index in [2.05, 4.69) is 18.9 Å². The maximum absolute atomic E-state index is 13.4. The lowest BCUT2D eigenvalue weighted by Crippen LogP contribution is -2.27. The lowest BCUT2D eigenvalue weighted by Gasteiger charge is -2.20. The van der Waals surface area contributed by atoms with Crippen LogP contribution >= 0.6 is 0 Å². The molecule has 1 heterocycles. The molecule has 0 N–H and O–H groups in total. The van der Waals surface area contributed by atoms with Crippen LogP contribution in [0.1, 0.15) is 35.0 Å². The van der Waals surface area contributed by atoms with Crippen LogP contribution in [-0.2, 0) is 17.9 Å². The van der Waals surface area contributed by atoms with Crippen molar-refractivity contribution in [2.45, 2.75) is 33.9 Å².